The highest BCUT2D eigenvalue weighted by molar-refractivity contribution is 7.89. The quantitative estimate of drug-likeness (QED) is 0.717. The highest BCUT2D eigenvalue weighted by Crippen LogP contribution is 2.46. The summed E-state index contributed by atoms with van der Waals surface area (Å²) < 4.78 is 39.8. The fourth-order valence-corrected chi connectivity index (χ4v) is 7.38. The number of hydrogen-bond donors (Lipinski definition) is 1. The van der Waals surface area contributed by atoms with Crippen molar-refractivity contribution in [1.29, 1.82) is 0 Å². The SMILES string of the molecule is O=C(Nc1ccc2c(c1)OC1(CCCCC1)O2)c1sccc1S(=O)(=O)N1CCCCC1. The monoisotopic (exact) mass is 462 g/mol. The van der Waals surface area contributed by atoms with Gasteiger partial charge in [-0.05, 0) is 49.3 Å². The van der Waals surface area contributed by atoms with Gasteiger partial charge in [-0.3, -0.25) is 4.79 Å². The average Bonchev–Trinajstić information content (AvgIpc) is 3.40. The van der Waals surface area contributed by atoms with Gasteiger partial charge in [-0.15, -0.1) is 11.3 Å². The van der Waals surface area contributed by atoms with Crippen LogP contribution in [0.4, 0.5) is 5.69 Å². The third-order valence-corrected chi connectivity index (χ3v) is 9.16. The fourth-order valence-electron chi connectivity index (χ4n) is 4.56. The summed E-state index contributed by atoms with van der Waals surface area (Å²) in [4.78, 5) is 13.2. The maximum Gasteiger partial charge on any atom is 0.267 e. The van der Waals surface area contributed by atoms with Crippen LogP contribution >= 0.6 is 11.3 Å². The minimum absolute atomic E-state index is 0.0822. The maximum absolute atomic E-state index is 13.1. The number of carbonyl (C=O) groups excluding carboxylic acids is 1. The molecule has 166 valence electrons. The molecule has 3 aliphatic rings. The Labute approximate surface area is 186 Å². The van der Waals surface area contributed by atoms with Crippen LogP contribution in [-0.2, 0) is 10.0 Å². The van der Waals surface area contributed by atoms with Crippen molar-refractivity contribution >= 4 is 33.0 Å². The molecule has 1 spiro atoms. The lowest BCUT2D eigenvalue weighted by molar-refractivity contribution is -0.105. The molecular formula is C22H26N2O5S2. The molecule has 1 aromatic heterocycles. The highest BCUT2D eigenvalue weighted by Gasteiger charge is 2.42. The number of carbonyl (C=O) groups is 1. The number of rotatable bonds is 4. The Morgan fingerprint density at radius 1 is 0.968 bits per heavy atom. The van der Waals surface area contributed by atoms with E-state index in [0.717, 1.165) is 56.3 Å². The van der Waals surface area contributed by atoms with Crippen LogP contribution in [0.25, 0.3) is 0 Å². The van der Waals surface area contributed by atoms with E-state index in [-0.39, 0.29) is 9.77 Å². The van der Waals surface area contributed by atoms with Gasteiger partial charge in [0.1, 0.15) is 9.77 Å². The first-order chi connectivity index (χ1) is 15.0. The van der Waals surface area contributed by atoms with Crippen LogP contribution < -0.4 is 14.8 Å². The summed E-state index contributed by atoms with van der Waals surface area (Å²) in [5.74, 6) is 0.292. The summed E-state index contributed by atoms with van der Waals surface area (Å²) in [6.07, 6.45) is 7.79. The van der Waals surface area contributed by atoms with Gasteiger partial charge in [-0.1, -0.05) is 12.8 Å². The smallest absolute Gasteiger partial charge is 0.267 e. The zero-order valence-corrected chi connectivity index (χ0v) is 18.9. The van der Waals surface area contributed by atoms with Gasteiger partial charge in [0.05, 0.1) is 0 Å². The van der Waals surface area contributed by atoms with Crippen LogP contribution in [0, 0.1) is 0 Å². The van der Waals surface area contributed by atoms with Gasteiger partial charge >= 0.3 is 0 Å². The lowest BCUT2D eigenvalue weighted by Gasteiger charge is -2.31. The summed E-state index contributed by atoms with van der Waals surface area (Å²) >= 11 is 1.14. The number of fused-ring (bicyclic) bond motifs is 1. The van der Waals surface area contributed by atoms with Gasteiger partial charge in [-0.25, -0.2) is 8.42 Å². The Morgan fingerprint density at radius 2 is 1.68 bits per heavy atom. The largest absolute Gasteiger partial charge is 0.448 e. The molecule has 0 bridgehead atoms. The summed E-state index contributed by atoms with van der Waals surface area (Å²) in [6.45, 7) is 1.01. The molecule has 3 heterocycles. The van der Waals surface area contributed by atoms with Crippen LogP contribution in [0.2, 0.25) is 0 Å². The number of ether oxygens (including phenoxy) is 2. The molecule has 1 aromatic carbocycles. The number of hydrogen-bond acceptors (Lipinski definition) is 6. The number of benzene rings is 1. The molecule has 5 rings (SSSR count). The van der Waals surface area contributed by atoms with Gasteiger partial charge in [0.25, 0.3) is 11.7 Å². The minimum atomic E-state index is -3.68. The molecule has 9 heteroatoms. The second-order valence-electron chi connectivity index (χ2n) is 8.37. The van der Waals surface area contributed by atoms with Crippen molar-refractivity contribution in [1.82, 2.24) is 4.31 Å². The summed E-state index contributed by atoms with van der Waals surface area (Å²) in [5.41, 5.74) is 0.551. The van der Waals surface area contributed by atoms with E-state index >= 15 is 0 Å². The number of nitrogens with zero attached hydrogens (tertiary/aromatic N) is 1. The van der Waals surface area contributed by atoms with Gasteiger partial charge in [0, 0.05) is 37.7 Å². The molecule has 1 saturated carbocycles. The van der Waals surface area contributed by atoms with Gasteiger partial charge in [0.2, 0.25) is 10.0 Å². The fraction of sp³-hybridized carbons (Fsp3) is 0.500. The molecule has 0 atom stereocenters. The van der Waals surface area contributed by atoms with Crippen LogP contribution in [0.15, 0.2) is 34.5 Å². The topological polar surface area (TPSA) is 84.9 Å². The molecule has 2 aromatic rings. The first kappa shape index (κ1) is 20.8. The van der Waals surface area contributed by atoms with Crippen molar-refractivity contribution in [2.75, 3.05) is 18.4 Å². The molecule has 0 unspecified atom stereocenters. The summed E-state index contributed by atoms with van der Waals surface area (Å²) in [7, 11) is -3.68. The molecule has 2 fully saturated rings. The predicted octanol–water partition coefficient (Wildman–Crippen LogP) is 4.61. The highest BCUT2D eigenvalue weighted by atomic mass is 32.2. The summed E-state index contributed by atoms with van der Waals surface area (Å²) in [6, 6.07) is 6.83. The third kappa shape index (κ3) is 3.94. The Balaban J connectivity index is 1.33. The molecule has 1 saturated heterocycles. The number of piperidine rings is 1. The predicted molar refractivity (Wildman–Crippen MR) is 118 cm³/mol. The number of amides is 1. The third-order valence-electron chi connectivity index (χ3n) is 6.18. The van der Waals surface area contributed by atoms with E-state index in [2.05, 4.69) is 5.32 Å². The molecule has 1 amide bonds. The lowest BCUT2D eigenvalue weighted by Crippen LogP contribution is -2.40. The van der Waals surface area contributed by atoms with Crippen molar-refractivity contribution in [3.8, 4) is 11.5 Å². The Morgan fingerprint density at radius 3 is 2.45 bits per heavy atom. The number of thiophene rings is 1. The molecule has 1 aliphatic carbocycles. The lowest BCUT2D eigenvalue weighted by atomic mass is 9.94. The minimum Gasteiger partial charge on any atom is -0.448 e. The number of anilines is 1. The molecule has 1 N–H and O–H groups in total. The van der Waals surface area contributed by atoms with E-state index in [4.69, 9.17) is 9.47 Å². The number of nitrogens with one attached hydrogen (secondary N) is 1. The van der Waals surface area contributed by atoms with Crippen molar-refractivity contribution < 1.29 is 22.7 Å². The van der Waals surface area contributed by atoms with Gasteiger partial charge in [0.15, 0.2) is 11.5 Å². The van der Waals surface area contributed by atoms with Crippen molar-refractivity contribution in [3.05, 3.63) is 34.5 Å². The molecule has 0 radical (unpaired) electrons. The van der Waals surface area contributed by atoms with Crippen LogP contribution in [-0.4, -0.2) is 37.5 Å². The molecule has 7 nitrogen and oxygen atoms in total. The molecule has 2 aliphatic heterocycles. The first-order valence-corrected chi connectivity index (χ1v) is 13.2. The van der Waals surface area contributed by atoms with E-state index in [1.165, 1.54) is 16.8 Å². The Kier molecular flexibility index (Phi) is 5.44. The van der Waals surface area contributed by atoms with Crippen molar-refractivity contribution in [2.45, 2.75) is 62.0 Å². The second kappa shape index (κ2) is 8.11. The van der Waals surface area contributed by atoms with E-state index in [1.807, 2.05) is 0 Å². The first-order valence-electron chi connectivity index (χ1n) is 10.9. The van der Waals surface area contributed by atoms with E-state index < -0.39 is 21.7 Å². The van der Waals surface area contributed by atoms with E-state index in [9.17, 15) is 13.2 Å². The van der Waals surface area contributed by atoms with Gasteiger partial charge < -0.3 is 14.8 Å². The van der Waals surface area contributed by atoms with Crippen LogP contribution in [0.1, 0.15) is 61.0 Å². The Hall–Kier alpha value is -2.10. The normalized spacial score (nSPS) is 20.6. The summed E-state index contributed by atoms with van der Waals surface area (Å²) in [5, 5.41) is 4.48. The Bertz CT molecular complexity index is 1080. The number of sulfonamides is 1. The van der Waals surface area contributed by atoms with E-state index in [1.54, 1.807) is 23.6 Å². The zero-order valence-electron chi connectivity index (χ0n) is 17.3. The molecular weight excluding hydrogens is 436 g/mol. The maximum atomic E-state index is 13.1. The van der Waals surface area contributed by atoms with Crippen LogP contribution in [0.5, 0.6) is 11.5 Å². The van der Waals surface area contributed by atoms with Crippen molar-refractivity contribution in [3.63, 3.8) is 0 Å². The second-order valence-corrected chi connectivity index (χ2v) is 11.2. The zero-order chi connectivity index (χ0) is 21.5. The van der Waals surface area contributed by atoms with Gasteiger partial charge in [-0.2, -0.15) is 4.31 Å². The van der Waals surface area contributed by atoms with Crippen LogP contribution in [0.3, 0.4) is 0 Å². The molecule has 31 heavy (non-hydrogen) atoms. The standard InChI is InChI=1S/C22H26N2O5S2/c25-21(20-19(9-14-30-20)31(26,27)24-12-5-2-6-13-24)23-16-7-8-17-18(15-16)29-22(28-17)10-3-1-4-11-22/h7-9,14-15H,1-6,10-13H2,(H,23,25). The van der Waals surface area contributed by atoms with Crippen molar-refractivity contribution in [2.24, 2.45) is 0 Å². The van der Waals surface area contributed by atoms with E-state index in [0.29, 0.717) is 30.3 Å². The average molecular weight is 463 g/mol.